The van der Waals surface area contributed by atoms with Gasteiger partial charge in [-0.1, -0.05) is 59.8 Å². The van der Waals surface area contributed by atoms with Crippen LogP contribution < -0.4 is 14.8 Å². The first-order valence-electron chi connectivity index (χ1n) is 13.0. The Bertz CT molecular complexity index is 1560. The van der Waals surface area contributed by atoms with Gasteiger partial charge in [0.05, 0.1) is 5.75 Å². The molecule has 0 saturated carbocycles. The van der Waals surface area contributed by atoms with E-state index in [1.807, 2.05) is 51.1 Å². The van der Waals surface area contributed by atoms with Crippen LogP contribution in [-0.4, -0.2) is 39.2 Å². The summed E-state index contributed by atoms with van der Waals surface area (Å²) in [7, 11) is 0. The number of ether oxygens (including phenoxy) is 2. The van der Waals surface area contributed by atoms with Crippen molar-refractivity contribution in [3.05, 3.63) is 106 Å². The van der Waals surface area contributed by atoms with Gasteiger partial charge in [-0.15, -0.1) is 0 Å². The summed E-state index contributed by atoms with van der Waals surface area (Å²) >= 11 is 7.44. The van der Waals surface area contributed by atoms with Crippen molar-refractivity contribution >= 4 is 40.9 Å². The van der Waals surface area contributed by atoms with E-state index in [1.165, 1.54) is 11.8 Å². The van der Waals surface area contributed by atoms with E-state index in [1.54, 1.807) is 47.4 Å². The van der Waals surface area contributed by atoms with Crippen LogP contribution in [0.2, 0.25) is 5.02 Å². The highest BCUT2D eigenvalue weighted by atomic mass is 35.5. The number of nitrogens with zero attached hydrogens (tertiary/aromatic N) is 3. The predicted octanol–water partition coefficient (Wildman–Crippen LogP) is 6.28. The molecule has 210 valence electrons. The van der Waals surface area contributed by atoms with Crippen molar-refractivity contribution in [3.8, 4) is 11.5 Å². The Morgan fingerprint density at radius 3 is 2.39 bits per heavy atom. The molecule has 1 aliphatic heterocycles. The average molecular weight is 589 g/mol. The fourth-order valence-corrected chi connectivity index (χ4v) is 5.53. The van der Waals surface area contributed by atoms with Crippen molar-refractivity contribution in [1.29, 1.82) is 0 Å². The molecule has 1 atom stereocenters. The van der Waals surface area contributed by atoms with E-state index >= 15 is 0 Å². The van der Waals surface area contributed by atoms with E-state index in [4.69, 9.17) is 21.1 Å². The highest BCUT2D eigenvalue weighted by molar-refractivity contribution is 7.99. The Kier molecular flexibility index (Phi) is 8.75. The third kappa shape index (κ3) is 6.99. The molecule has 0 spiro atoms. The summed E-state index contributed by atoms with van der Waals surface area (Å²) in [6.45, 7) is 6.12. The van der Waals surface area contributed by atoms with Crippen molar-refractivity contribution in [2.24, 2.45) is 0 Å². The van der Waals surface area contributed by atoms with Gasteiger partial charge in [0.25, 0.3) is 5.91 Å². The van der Waals surface area contributed by atoms with Crippen LogP contribution in [0.3, 0.4) is 0 Å². The first kappa shape index (κ1) is 28.4. The Balaban J connectivity index is 1.49. The van der Waals surface area contributed by atoms with Crippen molar-refractivity contribution in [3.63, 3.8) is 0 Å². The number of aromatic nitrogens is 2. The molecule has 0 saturated heterocycles. The second-order valence-corrected chi connectivity index (χ2v) is 11.1. The highest BCUT2D eigenvalue weighted by Gasteiger charge is 2.32. The quantitative estimate of drug-likeness (QED) is 0.181. The third-order valence-corrected chi connectivity index (χ3v) is 7.68. The molecule has 2 heterocycles. The lowest BCUT2D eigenvalue weighted by Crippen LogP contribution is -2.42. The van der Waals surface area contributed by atoms with E-state index in [2.05, 4.69) is 15.3 Å². The van der Waals surface area contributed by atoms with E-state index in [0.29, 0.717) is 32.9 Å². The summed E-state index contributed by atoms with van der Waals surface area (Å²) in [4.78, 5) is 38.6. The fourth-order valence-electron chi connectivity index (χ4n) is 4.56. The van der Waals surface area contributed by atoms with Crippen LogP contribution in [-0.2, 0) is 16.1 Å². The van der Waals surface area contributed by atoms with Gasteiger partial charge < -0.3 is 19.7 Å². The summed E-state index contributed by atoms with van der Waals surface area (Å²) in [6.07, 6.45) is 0. The molecule has 41 heavy (non-hydrogen) atoms. The number of thioether (sulfide) groups is 1. The van der Waals surface area contributed by atoms with Gasteiger partial charge in [-0.25, -0.2) is 9.97 Å². The Hall–Kier alpha value is -4.08. The molecule has 5 rings (SSSR count). The number of benzene rings is 3. The molecule has 0 fully saturated rings. The monoisotopic (exact) mass is 588 g/mol. The Morgan fingerprint density at radius 2 is 1.66 bits per heavy atom. The van der Waals surface area contributed by atoms with Gasteiger partial charge in [-0.3, -0.25) is 9.59 Å². The maximum Gasteiger partial charge on any atom is 0.251 e. The zero-order chi connectivity index (χ0) is 28.9. The second-order valence-electron chi connectivity index (χ2n) is 9.68. The van der Waals surface area contributed by atoms with Gasteiger partial charge in [0.2, 0.25) is 12.7 Å². The molecule has 2 amide bonds. The number of anilines is 1. The number of hydrogen-bond donors (Lipinski definition) is 1. The molecule has 8 nitrogen and oxygen atoms in total. The number of carbonyl (C=O) groups excluding carboxylic acids is 2. The predicted molar refractivity (Wildman–Crippen MR) is 159 cm³/mol. The Labute approximate surface area is 248 Å². The lowest BCUT2D eigenvalue weighted by atomic mass is 10.0. The van der Waals surface area contributed by atoms with E-state index < -0.39 is 6.04 Å². The van der Waals surface area contributed by atoms with Crippen LogP contribution in [0.5, 0.6) is 11.5 Å². The molecule has 1 N–H and O–H groups in total. The van der Waals surface area contributed by atoms with Gasteiger partial charge >= 0.3 is 0 Å². The van der Waals surface area contributed by atoms with Crippen molar-refractivity contribution in [2.45, 2.75) is 38.5 Å². The second kappa shape index (κ2) is 12.6. The first-order chi connectivity index (χ1) is 19.8. The summed E-state index contributed by atoms with van der Waals surface area (Å²) in [5, 5.41) is 4.02. The Morgan fingerprint density at radius 1 is 0.951 bits per heavy atom. The van der Waals surface area contributed by atoms with Crippen molar-refractivity contribution < 1.29 is 19.1 Å². The number of fused-ring (bicyclic) bond motifs is 1. The first-order valence-corrected chi connectivity index (χ1v) is 14.4. The smallest absolute Gasteiger partial charge is 0.251 e. The van der Waals surface area contributed by atoms with Gasteiger partial charge in [-0.2, -0.15) is 0 Å². The molecule has 1 aromatic heterocycles. The number of carbonyl (C=O) groups is 2. The molecule has 3 aromatic carbocycles. The molecule has 1 aliphatic rings. The molecule has 0 aliphatic carbocycles. The molecule has 0 unspecified atom stereocenters. The SMILES string of the molecule is Cc1cc(C)nc(SCC(=O)N(Cc2ccccc2C)[C@@H](C(=O)Nc2ccc3c(c2)OCO3)c2ccc(Cl)cc2)n1. The number of aryl methyl sites for hydroxylation is 3. The standard InChI is InChI=1S/C31H29ClN4O4S/c1-19-6-4-5-7-23(19)16-36(28(37)17-41-31-33-20(2)14-21(3)34-31)29(22-8-10-24(32)11-9-22)30(38)35-25-12-13-26-27(15-25)40-18-39-26/h4-15,29H,16-18H2,1-3H3,(H,35,38)/t29-/m1/s1. The number of hydrogen-bond acceptors (Lipinski definition) is 7. The van der Waals surface area contributed by atoms with Crippen LogP contribution >= 0.6 is 23.4 Å². The third-order valence-electron chi connectivity index (χ3n) is 6.59. The van der Waals surface area contributed by atoms with Gasteiger partial charge in [0.15, 0.2) is 16.7 Å². The minimum atomic E-state index is -0.953. The molecule has 4 aromatic rings. The van der Waals surface area contributed by atoms with E-state index in [0.717, 1.165) is 22.5 Å². The number of nitrogens with one attached hydrogen (secondary N) is 1. The number of rotatable bonds is 9. The van der Waals surface area contributed by atoms with E-state index in [9.17, 15) is 9.59 Å². The largest absolute Gasteiger partial charge is 0.454 e. The highest BCUT2D eigenvalue weighted by Crippen LogP contribution is 2.35. The molecule has 10 heteroatoms. The summed E-state index contributed by atoms with van der Waals surface area (Å²) in [6, 6.07) is 20.9. The molecular weight excluding hydrogens is 560 g/mol. The normalized spacial score (nSPS) is 12.6. The van der Waals surface area contributed by atoms with Crippen LogP contribution in [0.15, 0.2) is 78.0 Å². The van der Waals surface area contributed by atoms with Gasteiger partial charge in [0.1, 0.15) is 6.04 Å². The van der Waals surface area contributed by atoms with Crippen LogP contribution in [0.4, 0.5) is 5.69 Å². The molecule has 0 bridgehead atoms. The fraction of sp³-hybridized carbons (Fsp3) is 0.226. The van der Waals surface area contributed by atoms with Gasteiger partial charge in [-0.05, 0) is 67.8 Å². The zero-order valence-electron chi connectivity index (χ0n) is 22.9. The van der Waals surface area contributed by atoms with Crippen LogP contribution in [0.1, 0.15) is 34.1 Å². The maximum absolute atomic E-state index is 14.0. The topological polar surface area (TPSA) is 93.7 Å². The average Bonchev–Trinajstić information content (AvgIpc) is 3.41. The number of amides is 2. The van der Waals surface area contributed by atoms with E-state index in [-0.39, 0.29) is 30.9 Å². The molecule has 0 radical (unpaired) electrons. The van der Waals surface area contributed by atoms with Crippen molar-refractivity contribution in [2.75, 3.05) is 17.9 Å². The molecular formula is C31H29ClN4O4S. The lowest BCUT2D eigenvalue weighted by Gasteiger charge is -2.32. The lowest BCUT2D eigenvalue weighted by molar-refractivity contribution is -0.137. The minimum absolute atomic E-state index is 0.0518. The van der Waals surface area contributed by atoms with Crippen LogP contribution in [0.25, 0.3) is 0 Å². The number of halogens is 1. The van der Waals surface area contributed by atoms with Crippen LogP contribution in [0, 0.1) is 20.8 Å². The summed E-state index contributed by atoms with van der Waals surface area (Å²) in [5.74, 6) is 0.598. The van der Waals surface area contributed by atoms with Crippen molar-refractivity contribution in [1.82, 2.24) is 14.9 Å². The summed E-state index contributed by atoms with van der Waals surface area (Å²) in [5.41, 5.74) is 4.75. The minimum Gasteiger partial charge on any atom is -0.454 e. The maximum atomic E-state index is 14.0. The zero-order valence-corrected chi connectivity index (χ0v) is 24.5. The van der Waals surface area contributed by atoms with Gasteiger partial charge in [0, 0.05) is 34.7 Å². The summed E-state index contributed by atoms with van der Waals surface area (Å²) < 4.78 is 10.9.